The Labute approximate surface area is 147 Å². The number of hydrogen-bond donors (Lipinski definition) is 1. The normalized spacial score (nSPS) is 25.7. The smallest absolute Gasteiger partial charge is 0.248 e. The summed E-state index contributed by atoms with van der Waals surface area (Å²) in [6.07, 6.45) is 4.42. The van der Waals surface area contributed by atoms with Crippen LogP contribution in [-0.4, -0.2) is 58.7 Å². The van der Waals surface area contributed by atoms with Crippen LogP contribution < -0.4 is 4.90 Å². The number of nitrogens with zero attached hydrogens (tertiary/aromatic N) is 4. The van der Waals surface area contributed by atoms with Crippen LogP contribution in [0.4, 0.5) is 5.95 Å². The van der Waals surface area contributed by atoms with Crippen molar-refractivity contribution in [1.29, 1.82) is 0 Å². The van der Waals surface area contributed by atoms with E-state index in [0.29, 0.717) is 19.0 Å². The highest BCUT2D eigenvalue weighted by Crippen LogP contribution is 2.45. The summed E-state index contributed by atoms with van der Waals surface area (Å²) in [5, 5.41) is 9.22. The first-order chi connectivity index (χ1) is 12.2. The first-order valence-corrected chi connectivity index (χ1v) is 8.69. The van der Waals surface area contributed by atoms with Gasteiger partial charge in [-0.2, -0.15) is 0 Å². The fraction of sp³-hybridized carbons (Fsp3) is 0.421. The van der Waals surface area contributed by atoms with Crippen LogP contribution in [0.3, 0.4) is 0 Å². The first-order valence-electron chi connectivity index (χ1n) is 8.69. The molecule has 0 radical (unpaired) electrons. The van der Waals surface area contributed by atoms with E-state index in [1.54, 1.807) is 17.3 Å². The van der Waals surface area contributed by atoms with Crippen molar-refractivity contribution >= 4 is 11.9 Å². The molecule has 2 aliphatic heterocycles. The molecule has 0 bridgehead atoms. The summed E-state index contributed by atoms with van der Waals surface area (Å²) in [5.41, 5.74) is 1.31. The molecule has 6 nitrogen and oxygen atoms in total. The van der Waals surface area contributed by atoms with Gasteiger partial charge in [0.1, 0.15) is 6.61 Å². The molecule has 2 saturated heterocycles. The standard InChI is InChI=1S/C19H22N4O2/c24-13-17(25)22-10-7-19(15-5-2-1-3-6-15)14-23(12-16(19)11-22)18-20-8-4-9-21-18/h1-6,8-9,16,24H,7,10-14H2. The molecule has 2 unspecified atom stereocenters. The van der Waals surface area contributed by atoms with Crippen molar-refractivity contribution in [3.8, 4) is 0 Å². The number of carbonyl (C=O) groups excluding carboxylic acids is 1. The summed E-state index contributed by atoms with van der Waals surface area (Å²) in [6, 6.07) is 12.4. The Bertz CT molecular complexity index is 740. The second kappa shape index (κ2) is 6.44. The molecule has 1 N–H and O–H groups in total. The molecule has 0 spiro atoms. The maximum absolute atomic E-state index is 12.0. The topological polar surface area (TPSA) is 69.6 Å². The lowest BCUT2D eigenvalue weighted by atomic mass is 9.68. The Morgan fingerprint density at radius 2 is 1.92 bits per heavy atom. The van der Waals surface area contributed by atoms with E-state index in [1.807, 2.05) is 12.1 Å². The number of anilines is 1. The molecule has 6 heteroatoms. The minimum absolute atomic E-state index is 0.00724. The van der Waals surface area contributed by atoms with Crippen LogP contribution in [0, 0.1) is 5.92 Å². The molecule has 0 aliphatic carbocycles. The van der Waals surface area contributed by atoms with E-state index in [1.165, 1.54) is 5.56 Å². The van der Waals surface area contributed by atoms with Crippen molar-refractivity contribution < 1.29 is 9.90 Å². The van der Waals surface area contributed by atoms with Gasteiger partial charge >= 0.3 is 0 Å². The Kier molecular flexibility index (Phi) is 4.13. The maximum atomic E-state index is 12.0. The Morgan fingerprint density at radius 1 is 1.16 bits per heavy atom. The minimum Gasteiger partial charge on any atom is -0.387 e. The summed E-state index contributed by atoms with van der Waals surface area (Å²) >= 11 is 0. The number of aliphatic hydroxyl groups excluding tert-OH is 1. The van der Waals surface area contributed by atoms with Gasteiger partial charge in [0.2, 0.25) is 11.9 Å². The van der Waals surface area contributed by atoms with Gasteiger partial charge in [-0.1, -0.05) is 30.3 Å². The van der Waals surface area contributed by atoms with Crippen molar-refractivity contribution in [1.82, 2.24) is 14.9 Å². The highest BCUT2D eigenvalue weighted by molar-refractivity contribution is 5.77. The van der Waals surface area contributed by atoms with E-state index < -0.39 is 6.61 Å². The molecule has 130 valence electrons. The Balaban J connectivity index is 1.68. The fourth-order valence-electron chi connectivity index (χ4n) is 4.36. The lowest BCUT2D eigenvalue weighted by Crippen LogP contribution is -2.51. The van der Waals surface area contributed by atoms with Gasteiger partial charge in [-0.25, -0.2) is 9.97 Å². The lowest BCUT2D eigenvalue weighted by molar-refractivity contribution is -0.136. The molecule has 1 amide bonds. The van der Waals surface area contributed by atoms with Gasteiger partial charge in [-0.3, -0.25) is 4.79 Å². The summed E-state index contributed by atoms with van der Waals surface area (Å²) in [7, 11) is 0. The highest BCUT2D eigenvalue weighted by Gasteiger charge is 2.51. The quantitative estimate of drug-likeness (QED) is 0.907. The number of carbonyl (C=O) groups is 1. The lowest BCUT2D eigenvalue weighted by Gasteiger charge is -2.43. The van der Waals surface area contributed by atoms with Crippen molar-refractivity contribution in [2.24, 2.45) is 5.92 Å². The van der Waals surface area contributed by atoms with Gasteiger partial charge in [0.25, 0.3) is 0 Å². The van der Waals surface area contributed by atoms with Crippen LogP contribution in [0.2, 0.25) is 0 Å². The third-order valence-corrected chi connectivity index (χ3v) is 5.64. The average Bonchev–Trinajstić information content (AvgIpc) is 3.09. The van der Waals surface area contributed by atoms with Crippen LogP contribution in [0.25, 0.3) is 0 Å². The van der Waals surface area contributed by atoms with Crippen molar-refractivity contribution in [3.63, 3.8) is 0 Å². The van der Waals surface area contributed by atoms with Crippen LogP contribution >= 0.6 is 0 Å². The van der Waals surface area contributed by atoms with Gasteiger partial charge in [0, 0.05) is 49.9 Å². The molecule has 2 aromatic rings. The first kappa shape index (κ1) is 16.0. The number of likely N-dealkylation sites (tertiary alicyclic amines) is 1. The van der Waals surface area contributed by atoms with E-state index in [-0.39, 0.29) is 11.3 Å². The second-order valence-electron chi connectivity index (χ2n) is 6.90. The number of rotatable bonds is 3. The molecule has 3 heterocycles. The van der Waals surface area contributed by atoms with Gasteiger partial charge in [0.15, 0.2) is 0 Å². The van der Waals surface area contributed by atoms with Gasteiger partial charge < -0.3 is 14.9 Å². The predicted molar refractivity (Wildman–Crippen MR) is 94.1 cm³/mol. The fourth-order valence-corrected chi connectivity index (χ4v) is 4.36. The van der Waals surface area contributed by atoms with Gasteiger partial charge in [0.05, 0.1) is 0 Å². The van der Waals surface area contributed by atoms with Crippen LogP contribution in [0.1, 0.15) is 12.0 Å². The van der Waals surface area contributed by atoms with E-state index in [4.69, 9.17) is 0 Å². The number of amides is 1. The average molecular weight is 338 g/mol. The molecule has 2 aliphatic rings. The zero-order chi connectivity index (χ0) is 17.3. The molecule has 1 aromatic carbocycles. The number of aromatic nitrogens is 2. The van der Waals surface area contributed by atoms with Crippen molar-refractivity contribution in [2.45, 2.75) is 11.8 Å². The monoisotopic (exact) mass is 338 g/mol. The molecular formula is C19H22N4O2. The number of benzene rings is 1. The number of fused-ring (bicyclic) bond motifs is 1. The zero-order valence-electron chi connectivity index (χ0n) is 14.1. The minimum atomic E-state index is -0.420. The SMILES string of the molecule is O=C(CO)N1CCC2(c3ccccc3)CN(c3ncccn3)CC2C1. The molecule has 2 fully saturated rings. The van der Waals surface area contributed by atoms with E-state index in [9.17, 15) is 9.90 Å². The zero-order valence-corrected chi connectivity index (χ0v) is 14.1. The van der Waals surface area contributed by atoms with E-state index in [2.05, 4.69) is 39.1 Å². The van der Waals surface area contributed by atoms with Crippen LogP contribution in [0.15, 0.2) is 48.8 Å². The summed E-state index contributed by atoms with van der Waals surface area (Å²) in [4.78, 5) is 24.8. The maximum Gasteiger partial charge on any atom is 0.248 e. The molecule has 2 atom stereocenters. The third-order valence-electron chi connectivity index (χ3n) is 5.64. The molecule has 4 rings (SSSR count). The molecule has 1 aromatic heterocycles. The molecular weight excluding hydrogens is 316 g/mol. The summed E-state index contributed by atoms with van der Waals surface area (Å²) in [5.74, 6) is 0.853. The number of hydrogen-bond acceptors (Lipinski definition) is 5. The summed E-state index contributed by atoms with van der Waals surface area (Å²) in [6.45, 7) is 2.59. The van der Waals surface area contributed by atoms with E-state index >= 15 is 0 Å². The Hall–Kier alpha value is -2.47. The van der Waals surface area contributed by atoms with Crippen molar-refractivity contribution in [2.75, 3.05) is 37.7 Å². The van der Waals surface area contributed by atoms with Crippen LogP contribution in [-0.2, 0) is 10.2 Å². The van der Waals surface area contributed by atoms with Gasteiger partial charge in [-0.05, 0) is 18.1 Å². The molecule has 0 saturated carbocycles. The number of piperidine rings is 1. The second-order valence-corrected chi connectivity index (χ2v) is 6.90. The number of aliphatic hydroxyl groups is 1. The third kappa shape index (κ3) is 2.76. The highest BCUT2D eigenvalue weighted by atomic mass is 16.3. The van der Waals surface area contributed by atoms with Gasteiger partial charge in [-0.15, -0.1) is 0 Å². The largest absolute Gasteiger partial charge is 0.387 e. The Morgan fingerprint density at radius 3 is 2.64 bits per heavy atom. The predicted octanol–water partition coefficient (Wildman–Crippen LogP) is 1.08. The van der Waals surface area contributed by atoms with Crippen molar-refractivity contribution in [3.05, 3.63) is 54.4 Å². The summed E-state index contributed by atoms with van der Waals surface area (Å²) < 4.78 is 0. The molecule has 25 heavy (non-hydrogen) atoms. The van der Waals surface area contributed by atoms with E-state index in [0.717, 1.165) is 25.5 Å². The van der Waals surface area contributed by atoms with Crippen LogP contribution in [0.5, 0.6) is 0 Å².